The number of carbonyl (C=O) groups excluding carboxylic acids is 1. The van der Waals surface area contributed by atoms with Crippen molar-refractivity contribution >= 4 is 33.5 Å². The van der Waals surface area contributed by atoms with E-state index in [0.29, 0.717) is 13.1 Å². The molecular weight excluding hydrogens is 360 g/mol. The second-order valence-corrected chi connectivity index (χ2v) is 7.43. The largest absolute Gasteiger partial charge is 0.352 e. The fraction of sp³-hybridized carbons (Fsp3) is 0.208. The first kappa shape index (κ1) is 17.6. The molecule has 1 aliphatic heterocycles. The van der Waals surface area contributed by atoms with Gasteiger partial charge in [-0.1, -0.05) is 48.5 Å². The highest BCUT2D eigenvalue weighted by atomic mass is 16.2. The van der Waals surface area contributed by atoms with Crippen molar-refractivity contribution in [1.29, 1.82) is 0 Å². The molecule has 1 saturated heterocycles. The van der Waals surface area contributed by atoms with E-state index in [1.54, 1.807) is 0 Å². The topological polar surface area (TPSA) is 49.3 Å². The van der Waals surface area contributed by atoms with Crippen LogP contribution in [0.25, 0.3) is 21.8 Å². The quantitative estimate of drug-likeness (QED) is 0.525. The van der Waals surface area contributed by atoms with Crippen LogP contribution in [0, 0.1) is 6.92 Å². The van der Waals surface area contributed by atoms with E-state index in [4.69, 9.17) is 9.97 Å². The molecule has 0 N–H and O–H groups in total. The average Bonchev–Trinajstić information content (AvgIpc) is 2.78. The monoisotopic (exact) mass is 382 g/mol. The lowest BCUT2D eigenvalue weighted by Crippen LogP contribution is -2.49. The van der Waals surface area contributed by atoms with Gasteiger partial charge in [-0.05, 0) is 35.9 Å². The average molecular weight is 382 g/mol. The second-order valence-electron chi connectivity index (χ2n) is 7.43. The zero-order valence-corrected chi connectivity index (χ0v) is 16.4. The molecule has 0 saturated carbocycles. The fourth-order valence-electron chi connectivity index (χ4n) is 4.08. The highest BCUT2D eigenvalue weighted by molar-refractivity contribution is 6.07. The molecule has 3 aromatic carbocycles. The Kier molecular flexibility index (Phi) is 4.35. The van der Waals surface area contributed by atoms with E-state index >= 15 is 0 Å². The van der Waals surface area contributed by atoms with Crippen LogP contribution in [0.1, 0.15) is 16.1 Å². The van der Waals surface area contributed by atoms with Crippen molar-refractivity contribution in [1.82, 2.24) is 14.9 Å². The third kappa shape index (κ3) is 3.18. The van der Waals surface area contributed by atoms with Crippen molar-refractivity contribution in [2.75, 3.05) is 31.1 Å². The van der Waals surface area contributed by atoms with E-state index in [0.717, 1.165) is 52.0 Å². The third-order valence-electron chi connectivity index (χ3n) is 5.61. The van der Waals surface area contributed by atoms with Crippen LogP contribution >= 0.6 is 0 Å². The van der Waals surface area contributed by atoms with Gasteiger partial charge in [-0.25, -0.2) is 9.97 Å². The minimum absolute atomic E-state index is 0.0998. The number of fused-ring (bicyclic) bond motifs is 2. The van der Waals surface area contributed by atoms with E-state index in [9.17, 15) is 4.79 Å². The number of aromatic nitrogens is 2. The Morgan fingerprint density at radius 2 is 1.45 bits per heavy atom. The van der Waals surface area contributed by atoms with Crippen LogP contribution in [0.2, 0.25) is 0 Å². The van der Waals surface area contributed by atoms with Gasteiger partial charge in [0.05, 0.1) is 16.7 Å². The lowest BCUT2D eigenvalue weighted by atomic mass is 10.0. The van der Waals surface area contributed by atoms with E-state index < -0.39 is 0 Å². The van der Waals surface area contributed by atoms with E-state index in [1.807, 2.05) is 78.6 Å². The van der Waals surface area contributed by atoms with Crippen molar-refractivity contribution < 1.29 is 4.79 Å². The van der Waals surface area contributed by atoms with Gasteiger partial charge in [-0.15, -0.1) is 0 Å². The highest BCUT2D eigenvalue weighted by Crippen LogP contribution is 2.23. The normalized spacial score (nSPS) is 14.5. The molecule has 4 aromatic rings. The maximum atomic E-state index is 13.2. The van der Waals surface area contributed by atoms with E-state index in [1.165, 1.54) is 0 Å². The number of benzene rings is 3. The van der Waals surface area contributed by atoms with Crippen LogP contribution in [0.5, 0.6) is 0 Å². The van der Waals surface area contributed by atoms with E-state index in [2.05, 4.69) is 4.90 Å². The molecule has 2 heterocycles. The third-order valence-corrected chi connectivity index (χ3v) is 5.61. The molecule has 29 heavy (non-hydrogen) atoms. The first-order valence-corrected chi connectivity index (χ1v) is 9.96. The number of amides is 1. The zero-order chi connectivity index (χ0) is 19.8. The first-order valence-electron chi connectivity index (χ1n) is 9.96. The Morgan fingerprint density at radius 3 is 2.24 bits per heavy atom. The lowest BCUT2D eigenvalue weighted by molar-refractivity contribution is 0.0748. The van der Waals surface area contributed by atoms with Gasteiger partial charge in [0.15, 0.2) is 5.82 Å². The van der Waals surface area contributed by atoms with Gasteiger partial charge in [0.2, 0.25) is 0 Å². The predicted molar refractivity (Wildman–Crippen MR) is 116 cm³/mol. The summed E-state index contributed by atoms with van der Waals surface area (Å²) in [6.45, 7) is 4.86. The molecule has 1 aromatic heterocycles. The summed E-state index contributed by atoms with van der Waals surface area (Å²) in [5.74, 6) is 1.02. The molecule has 1 amide bonds. The van der Waals surface area contributed by atoms with Crippen molar-refractivity contribution in [2.24, 2.45) is 0 Å². The maximum Gasteiger partial charge on any atom is 0.254 e. The summed E-state index contributed by atoms with van der Waals surface area (Å²) in [6, 6.07) is 21.9. The Labute approximate surface area is 169 Å². The lowest BCUT2D eigenvalue weighted by Gasteiger charge is -2.36. The molecule has 0 unspecified atom stereocenters. The molecule has 0 radical (unpaired) electrons. The molecule has 5 nitrogen and oxygen atoms in total. The van der Waals surface area contributed by atoms with Gasteiger partial charge in [-0.3, -0.25) is 4.79 Å². The molecule has 5 heteroatoms. The standard InChI is InChI=1S/C24H22N4O/c1-17-23(26-22-12-5-4-11-21(22)25-17)27-13-15-28(16-14-27)24(29)20-10-6-8-18-7-2-3-9-19(18)20/h2-12H,13-16H2,1H3. The summed E-state index contributed by atoms with van der Waals surface area (Å²) in [5, 5.41) is 2.11. The Hall–Kier alpha value is -3.47. The Balaban J connectivity index is 1.36. The minimum Gasteiger partial charge on any atom is -0.352 e. The Morgan fingerprint density at radius 1 is 0.793 bits per heavy atom. The van der Waals surface area contributed by atoms with Crippen molar-refractivity contribution in [3.8, 4) is 0 Å². The summed E-state index contributed by atoms with van der Waals surface area (Å²) in [6.07, 6.45) is 0. The van der Waals surface area contributed by atoms with Crippen molar-refractivity contribution in [3.63, 3.8) is 0 Å². The molecule has 0 spiro atoms. The van der Waals surface area contributed by atoms with Gasteiger partial charge in [0, 0.05) is 31.7 Å². The zero-order valence-electron chi connectivity index (χ0n) is 16.4. The molecule has 0 bridgehead atoms. The molecule has 1 fully saturated rings. The summed E-state index contributed by atoms with van der Waals surface area (Å²) in [5.41, 5.74) is 3.52. The SMILES string of the molecule is Cc1nc2ccccc2nc1N1CCN(C(=O)c2cccc3ccccc23)CC1. The molecule has 0 atom stereocenters. The van der Waals surface area contributed by atoms with Crippen LogP contribution in [-0.4, -0.2) is 47.0 Å². The van der Waals surface area contributed by atoms with Crippen LogP contribution in [-0.2, 0) is 0 Å². The van der Waals surface area contributed by atoms with Crippen LogP contribution in [0.4, 0.5) is 5.82 Å². The van der Waals surface area contributed by atoms with Gasteiger partial charge in [0.25, 0.3) is 5.91 Å². The fourth-order valence-corrected chi connectivity index (χ4v) is 4.08. The molecule has 0 aliphatic carbocycles. The van der Waals surface area contributed by atoms with Gasteiger partial charge in [-0.2, -0.15) is 0 Å². The summed E-state index contributed by atoms with van der Waals surface area (Å²) >= 11 is 0. The number of aryl methyl sites for hydroxylation is 1. The second kappa shape index (κ2) is 7.17. The van der Waals surface area contributed by atoms with Gasteiger partial charge >= 0.3 is 0 Å². The molecule has 1 aliphatic rings. The number of para-hydroxylation sites is 2. The summed E-state index contributed by atoms with van der Waals surface area (Å²) in [4.78, 5) is 26.9. The molecule has 5 rings (SSSR count). The van der Waals surface area contributed by atoms with Crippen molar-refractivity contribution in [2.45, 2.75) is 6.92 Å². The number of anilines is 1. The van der Waals surface area contributed by atoms with Gasteiger partial charge < -0.3 is 9.80 Å². The van der Waals surface area contributed by atoms with Crippen LogP contribution < -0.4 is 4.90 Å². The number of piperazine rings is 1. The molecular formula is C24H22N4O. The Bertz CT molecular complexity index is 1210. The van der Waals surface area contributed by atoms with Crippen molar-refractivity contribution in [3.05, 3.63) is 78.0 Å². The number of hydrogen-bond acceptors (Lipinski definition) is 4. The van der Waals surface area contributed by atoms with Crippen LogP contribution in [0.3, 0.4) is 0 Å². The number of carbonyl (C=O) groups is 1. The number of nitrogens with zero attached hydrogens (tertiary/aromatic N) is 4. The van der Waals surface area contributed by atoms with Crippen LogP contribution in [0.15, 0.2) is 66.7 Å². The smallest absolute Gasteiger partial charge is 0.254 e. The highest BCUT2D eigenvalue weighted by Gasteiger charge is 2.25. The number of rotatable bonds is 2. The maximum absolute atomic E-state index is 13.2. The van der Waals surface area contributed by atoms with E-state index in [-0.39, 0.29) is 5.91 Å². The molecule has 144 valence electrons. The first-order chi connectivity index (χ1) is 14.2. The summed E-state index contributed by atoms with van der Waals surface area (Å²) in [7, 11) is 0. The number of hydrogen-bond donors (Lipinski definition) is 0. The summed E-state index contributed by atoms with van der Waals surface area (Å²) < 4.78 is 0. The minimum atomic E-state index is 0.0998. The van der Waals surface area contributed by atoms with Gasteiger partial charge in [0.1, 0.15) is 0 Å². The predicted octanol–water partition coefficient (Wildman–Crippen LogP) is 4.05.